The van der Waals surface area contributed by atoms with Crippen LogP contribution in [0, 0.1) is 18.6 Å². The van der Waals surface area contributed by atoms with Gasteiger partial charge in [-0.05, 0) is 49.2 Å². The summed E-state index contributed by atoms with van der Waals surface area (Å²) in [5.74, 6) is -1.95. The van der Waals surface area contributed by atoms with E-state index in [1.165, 1.54) is 19.2 Å². The first kappa shape index (κ1) is 16.6. The minimum atomic E-state index is -3.71. The average molecular weight is 325 g/mol. The first-order valence-corrected chi connectivity index (χ1v) is 8.17. The van der Waals surface area contributed by atoms with E-state index < -0.39 is 27.7 Å². The number of benzene rings is 2. The van der Waals surface area contributed by atoms with Gasteiger partial charge in [-0.3, -0.25) is 0 Å². The van der Waals surface area contributed by atoms with Crippen molar-refractivity contribution in [1.29, 1.82) is 0 Å². The van der Waals surface area contributed by atoms with Crippen molar-refractivity contribution in [3.8, 4) is 0 Å². The van der Waals surface area contributed by atoms with Crippen LogP contribution >= 0.6 is 0 Å². The lowest BCUT2D eigenvalue weighted by molar-refractivity contribution is 0.395. The Morgan fingerprint density at radius 1 is 1.05 bits per heavy atom. The molecule has 2 aromatic rings. The summed E-state index contributed by atoms with van der Waals surface area (Å²) in [5, 5.41) is 0. The van der Waals surface area contributed by atoms with Crippen molar-refractivity contribution < 1.29 is 17.2 Å². The molecule has 1 atom stereocenters. The molecule has 6 heteroatoms. The van der Waals surface area contributed by atoms with Gasteiger partial charge in [0.25, 0.3) is 0 Å². The van der Waals surface area contributed by atoms with Gasteiger partial charge in [0.05, 0.1) is 4.90 Å². The van der Waals surface area contributed by atoms with Crippen molar-refractivity contribution >= 4 is 10.0 Å². The van der Waals surface area contributed by atoms with Crippen LogP contribution in [0.3, 0.4) is 0 Å². The third kappa shape index (κ3) is 3.18. The highest BCUT2D eigenvalue weighted by molar-refractivity contribution is 7.89. The molecule has 0 aliphatic heterocycles. The summed E-state index contributed by atoms with van der Waals surface area (Å²) in [6.45, 7) is 3.43. The van der Waals surface area contributed by atoms with Crippen molar-refractivity contribution in [3.63, 3.8) is 0 Å². The smallest absolute Gasteiger partial charge is 0.207 e. The molecule has 0 bridgehead atoms. The number of sulfonamides is 1. The molecule has 2 rings (SSSR count). The monoisotopic (exact) mass is 325 g/mol. The van der Waals surface area contributed by atoms with E-state index in [4.69, 9.17) is 0 Å². The molecule has 0 fully saturated rings. The first-order valence-electron chi connectivity index (χ1n) is 6.73. The first-order chi connectivity index (χ1) is 10.2. The molecule has 118 valence electrons. The second-order valence-electron chi connectivity index (χ2n) is 5.19. The van der Waals surface area contributed by atoms with Gasteiger partial charge in [-0.1, -0.05) is 18.2 Å². The van der Waals surface area contributed by atoms with Gasteiger partial charge in [-0.25, -0.2) is 17.2 Å². The van der Waals surface area contributed by atoms with Crippen LogP contribution in [0.25, 0.3) is 0 Å². The largest absolute Gasteiger partial charge is 0.243 e. The Labute approximate surface area is 129 Å². The summed E-state index contributed by atoms with van der Waals surface area (Å²) in [7, 11) is -2.29. The Morgan fingerprint density at radius 3 is 2.32 bits per heavy atom. The highest BCUT2D eigenvalue weighted by atomic mass is 32.2. The van der Waals surface area contributed by atoms with E-state index in [9.17, 15) is 17.2 Å². The fourth-order valence-corrected chi connectivity index (χ4v) is 3.59. The van der Waals surface area contributed by atoms with Gasteiger partial charge < -0.3 is 0 Å². The summed E-state index contributed by atoms with van der Waals surface area (Å²) >= 11 is 0. The van der Waals surface area contributed by atoms with Gasteiger partial charge >= 0.3 is 0 Å². The van der Waals surface area contributed by atoms with E-state index in [1.54, 1.807) is 32.0 Å². The fraction of sp³-hybridized carbons (Fsp3) is 0.250. The zero-order valence-corrected chi connectivity index (χ0v) is 13.4. The zero-order valence-electron chi connectivity index (χ0n) is 12.5. The van der Waals surface area contributed by atoms with Crippen molar-refractivity contribution in [2.24, 2.45) is 0 Å². The van der Waals surface area contributed by atoms with E-state index in [1.807, 2.05) is 0 Å². The zero-order chi connectivity index (χ0) is 16.5. The molecule has 0 spiro atoms. The molecule has 3 nitrogen and oxygen atoms in total. The molecule has 0 N–H and O–H groups in total. The predicted octanol–water partition coefficient (Wildman–Crippen LogP) is 3.65. The van der Waals surface area contributed by atoms with Gasteiger partial charge in [0.15, 0.2) is 11.6 Å². The summed E-state index contributed by atoms with van der Waals surface area (Å²) in [6.07, 6.45) is 0. The average Bonchev–Trinajstić information content (AvgIpc) is 2.48. The van der Waals surface area contributed by atoms with Gasteiger partial charge in [-0.15, -0.1) is 0 Å². The van der Waals surface area contributed by atoms with E-state index in [0.29, 0.717) is 5.56 Å². The summed E-state index contributed by atoms with van der Waals surface area (Å²) in [5.41, 5.74) is 1.22. The lowest BCUT2D eigenvalue weighted by Gasteiger charge is -2.25. The van der Waals surface area contributed by atoms with Crippen molar-refractivity contribution in [3.05, 3.63) is 65.2 Å². The Balaban J connectivity index is 2.37. The number of halogens is 2. The van der Waals surface area contributed by atoms with E-state index in [2.05, 4.69) is 0 Å². The van der Waals surface area contributed by atoms with Crippen LogP contribution in [0.4, 0.5) is 8.78 Å². The van der Waals surface area contributed by atoms with Gasteiger partial charge in [0.2, 0.25) is 10.0 Å². The summed E-state index contributed by atoms with van der Waals surface area (Å²) < 4.78 is 52.7. The van der Waals surface area contributed by atoms with Crippen molar-refractivity contribution in [2.45, 2.75) is 24.8 Å². The number of hydrogen-bond acceptors (Lipinski definition) is 2. The molecule has 0 aromatic heterocycles. The Kier molecular flexibility index (Phi) is 4.63. The normalized spacial score (nSPS) is 13.4. The van der Waals surface area contributed by atoms with Crippen LogP contribution < -0.4 is 0 Å². The molecule has 0 aliphatic carbocycles. The number of rotatable bonds is 4. The highest BCUT2D eigenvalue weighted by Gasteiger charge is 2.26. The Bertz CT molecular complexity index is 790. The maximum atomic E-state index is 13.3. The topological polar surface area (TPSA) is 37.4 Å². The molecule has 22 heavy (non-hydrogen) atoms. The highest BCUT2D eigenvalue weighted by Crippen LogP contribution is 2.27. The molecule has 0 saturated heterocycles. The van der Waals surface area contributed by atoms with Crippen molar-refractivity contribution in [1.82, 2.24) is 4.31 Å². The van der Waals surface area contributed by atoms with Crippen LogP contribution in [-0.4, -0.2) is 19.8 Å². The van der Waals surface area contributed by atoms with E-state index in [-0.39, 0.29) is 4.90 Å². The standard InChI is InChI=1S/C16H17F2NO2S/c1-11-5-4-6-14(9-11)22(20,21)19(3)12(2)13-7-8-15(17)16(18)10-13/h4-10,12H,1-3H3. The minimum absolute atomic E-state index is 0.171. The van der Waals surface area contributed by atoms with E-state index in [0.717, 1.165) is 22.0 Å². The molecule has 0 saturated carbocycles. The summed E-state index contributed by atoms with van der Waals surface area (Å²) in [6, 6.07) is 9.32. The lowest BCUT2D eigenvalue weighted by Crippen LogP contribution is -2.30. The van der Waals surface area contributed by atoms with Gasteiger partial charge in [0, 0.05) is 13.1 Å². The predicted molar refractivity (Wildman–Crippen MR) is 80.9 cm³/mol. The van der Waals surface area contributed by atoms with E-state index >= 15 is 0 Å². The number of hydrogen-bond donors (Lipinski definition) is 0. The molecular weight excluding hydrogens is 308 g/mol. The fourth-order valence-electron chi connectivity index (χ4n) is 2.13. The maximum absolute atomic E-state index is 13.3. The quantitative estimate of drug-likeness (QED) is 0.860. The SMILES string of the molecule is Cc1cccc(S(=O)(=O)N(C)C(C)c2ccc(F)c(F)c2)c1. The number of nitrogens with zero attached hydrogens (tertiary/aromatic N) is 1. The molecular formula is C16H17F2NO2S. The van der Waals surface area contributed by atoms with Crippen LogP contribution in [0.1, 0.15) is 24.1 Å². The van der Waals surface area contributed by atoms with Gasteiger partial charge in [-0.2, -0.15) is 4.31 Å². The molecule has 2 aromatic carbocycles. The van der Waals surface area contributed by atoms with Crippen LogP contribution in [0.5, 0.6) is 0 Å². The lowest BCUT2D eigenvalue weighted by atomic mass is 10.1. The van der Waals surface area contributed by atoms with Crippen LogP contribution in [0.15, 0.2) is 47.4 Å². The minimum Gasteiger partial charge on any atom is -0.207 e. The molecule has 0 heterocycles. The Hall–Kier alpha value is -1.79. The third-order valence-corrected chi connectivity index (χ3v) is 5.56. The second-order valence-corrected chi connectivity index (χ2v) is 7.18. The van der Waals surface area contributed by atoms with Crippen LogP contribution in [-0.2, 0) is 10.0 Å². The molecule has 0 amide bonds. The maximum Gasteiger partial charge on any atom is 0.243 e. The van der Waals surface area contributed by atoms with Crippen LogP contribution in [0.2, 0.25) is 0 Å². The molecule has 0 aliphatic rings. The molecule has 0 radical (unpaired) electrons. The second kappa shape index (κ2) is 6.14. The third-order valence-electron chi connectivity index (χ3n) is 3.64. The van der Waals surface area contributed by atoms with Crippen molar-refractivity contribution in [2.75, 3.05) is 7.05 Å². The number of aryl methyl sites for hydroxylation is 1. The van der Waals surface area contributed by atoms with Gasteiger partial charge in [0.1, 0.15) is 0 Å². The Morgan fingerprint density at radius 2 is 1.73 bits per heavy atom. The molecule has 1 unspecified atom stereocenters. The summed E-state index contributed by atoms with van der Waals surface area (Å²) in [4.78, 5) is 0.171.